The molecule has 0 aromatic rings. The summed E-state index contributed by atoms with van der Waals surface area (Å²) < 4.78 is 21.1. The summed E-state index contributed by atoms with van der Waals surface area (Å²) in [4.78, 5) is 21.5. The van der Waals surface area contributed by atoms with Crippen molar-refractivity contribution in [3.8, 4) is 0 Å². The van der Waals surface area contributed by atoms with E-state index in [1.165, 1.54) is 0 Å². The second-order valence-electron chi connectivity index (χ2n) is 3.59. The third kappa shape index (κ3) is 8.82. The van der Waals surface area contributed by atoms with Crippen molar-refractivity contribution in [2.75, 3.05) is 0 Å². The predicted octanol–water partition coefficient (Wildman–Crippen LogP) is 0.267. The highest BCUT2D eigenvalue weighted by Gasteiger charge is 2.07. The first-order valence-electron chi connectivity index (χ1n) is 5.22. The lowest BCUT2D eigenvalue weighted by Gasteiger charge is -2.01. The molecule has 18 heavy (non-hydrogen) atoms. The maximum atomic E-state index is 10.6. The molecule has 0 aliphatic rings. The van der Waals surface area contributed by atoms with Gasteiger partial charge in [-0.2, -0.15) is 0 Å². The maximum absolute atomic E-state index is 10.6. The quantitative estimate of drug-likeness (QED) is 0.466. The lowest BCUT2D eigenvalue weighted by Crippen LogP contribution is -2.08. The van der Waals surface area contributed by atoms with Gasteiger partial charge in [0.25, 0.3) is 0 Å². The molecule has 8 heteroatoms. The molecule has 0 bridgehead atoms. The third-order valence-electron chi connectivity index (χ3n) is 2.09. The van der Waals surface area contributed by atoms with E-state index in [0.717, 1.165) is 0 Å². The zero-order chi connectivity index (χ0) is 14.0. The molecule has 0 heterocycles. The molecule has 0 spiro atoms. The lowest BCUT2D eigenvalue weighted by atomic mass is 10.1. The standard InChI is InChI=1S/C10H14O6S2/c11-9(12)5-7(17-15)3-1-2-4-8(18-16)6-10(13)14/h1-6H2,(H,11,12)(H,13,14). The van der Waals surface area contributed by atoms with Crippen LogP contribution in [0.2, 0.25) is 0 Å². The Morgan fingerprint density at radius 2 is 1.11 bits per heavy atom. The van der Waals surface area contributed by atoms with Gasteiger partial charge in [0.15, 0.2) is 0 Å². The van der Waals surface area contributed by atoms with E-state index in [2.05, 4.69) is 0 Å². The second-order valence-corrected chi connectivity index (χ2v) is 5.08. The fraction of sp³-hybridized carbons (Fsp3) is 0.600. The van der Waals surface area contributed by atoms with Gasteiger partial charge in [-0.05, 0) is 25.7 Å². The van der Waals surface area contributed by atoms with Crippen LogP contribution in [0.25, 0.3) is 0 Å². The summed E-state index contributed by atoms with van der Waals surface area (Å²) in [5.41, 5.74) is 0. The zero-order valence-corrected chi connectivity index (χ0v) is 11.2. The van der Waals surface area contributed by atoms with Crippen molar-refractivity contribution in [3.63, 3.8) is 0 Å². The molecule has 0 amide bonds. The SMILES string of the molecule is O=S=C(CCCCC(CC(=O)O)=S=O)CC(=O)O. The fourth-order valence-electron chi connectivity index (χ4n) is 1.30. The minimum absolute atomic E-state index is 0.191. The van der Waals surface area contributed by atoms with Gasteiger partial charge in [-0.1, -0.05) is 0 Å². The monoisotopic (exact) mass is 294 g/mol. The molecule has 0 aromatic carbocycles. The summed E-state index contributed by atoms with van der Waals surface area (Å²) in [5, 5.41) is 17.0. The normalized spacial score (nSPS) is 9.56. The van der Waals surface area contributed by atoms with E-state index < -0.39 is 11.9 Å². The van der Waals surface area contributed by atoms with Crippen molar-refractivity contribution in [2.45, 2.75) is 38.5 Å². The number of aliphatic carboxylic acids is 2. The molecule has 0 unspecified atom stereocenters. The van der Waals surface area contributed by atoms with Gasteiger partial charge < -0.3 is 10.2 Å². The highest BCUT2D eigenvalue weighted by atomic mass is 32.1. The van der Waals surface area contributed by atoms with Gasteiger partial charge in [0, 0.05) is 9.73 Å². The predicted molar refractivity (Wildman–Crippen MR) is 69.3 cm³/mol. The topological polar surface area (TPSA) is 109 Å². The summed E-state index contributed by atoms with van der Waals surface area (Å²) in [6.45, 7) is 0. The van der Waals surface area contributed by atoms with Crippen molar-refractivity contribution in [1.82, 2.24) is 0 Å². The van der Waals surface area contributed by atoms with E-state index in [0.29, 0.717) is 35.4 Å². The number of hydrogen-bond acceptors (Lipinski definition) is 4. The zero-order valence-electron chi connectivity index (χ0n) is 9.59. The highest BCUT2D eigenvalue weighted by molar-refractivity contribution is 7.66. The number of carbonyl (C=O) groups is 2. The third-order valence-corrected chi connectivity index (χ3v) is 3.26. The lowest BCUT2D eigenvalue weighted by molar-refractivity contribution is -0.136. The van der Waals surface area contributed by atoms with E-state index in [9.17, 15) is 18.0 Å². The number of carboxylic acid groups (broad SMARTS) is 2. The first kappa shape index (κ1) is 16.7. The van der Waals surface area contributed by atoms with Crippen LogP contribution in [0, 0.1) is 0 Å². The van der Waals surface area contributed by atoms with Crippen molar-refractivity contribution in [1.29, 1.82) is 0 Å². The highest BCUT2D eigenvalue weighted by Crippen LogP contribution is 2.05. The van der Waals surface area contributed by atoms with E-state index >= 15 is 0 Å². The van der Waals surface area contributed by atoms with Gasteiger partial charge in [-0.25, -0.2) is 8.42 Å². The smallest absolute Gasteiger partial charge is 0.308 e. The fourth-order valence-corrected chi connectivity index (χ4v) is 2.12. The number of hydrogen-bond donors (Lipinski definition) is 2. The van der Waals surface area contributed by atoms with Crippen LogP contribution in [0.3, 0.4) is 0 Å². The Bertz CT molecular complexity index is 378. The molecule has 6 nitrogen and oxygen atoms in total. The number of carboxylic acids is 2. The average molecular weight is 294 g/mol. The number of unbranched alkanes of at least 4 members (excludes halogenated alkanes) is 1. The van der Waals surface area contributed by atoms with Gasteiger partial charge in [-0.15, -0.1) is 0 Å². The van der Waals surface area contributed by atoms with Crippen molar-refractivity contribution < 1.29 is 28.2 Å². The molecule has 0 aliphatic heterocycles. The van der Waals surface area contributed by atoms with Crippen LogP contribution in [-0.4, -0.2) is 40.3 Å². The summed E-state index contributed by atoms with van der Waals surface area (Å²) >= 11 is 0.383. The van der Waals surface area contributed by atoms with Gasteiger partial charge in [0.1, 0.15) is 0 Å². The molecular formula is C10H14O6S2. The molecule has 102 valence electrons. The van der Waals surface area contributed by atoms with Crippen LogP contribution < -0.4 is 0 Å². The molecule has 0 rings (SSSR count). The summed E-state index contributed by atoms with van der Waals surface area (Å²) in [7, 11) is 0. The molecule has 0 saturated heterocycles. The maximum Gasteiger partial charge on any atom is 0.308 e. The second kappa shape index (κ2) is 9.72. The Kier molecular flexibility index (Phi) is 9.03. The first-order chi connectivity index (χ1) is 8.49. The average Bonchev–Trinajstić information content (AvgIpc) is 2.30. The van der Waals surface area contributed by atoms with E-state index in [-0.39, 0.29) is 35.4 Å². The van der Waals surface area contributed by atoms with Crippen molar-refractivity contribution in [2.24, 2.45) is 0 Å². The Morgan fingerprint density at radius 3 is 1.33 bits per heavy atom. The van der Waals surface area contributed by atoms with Crippen LogP contribution in [0.5, 0.6) is 0 Å². The van der Waals surface area contributed by atoms with E-state index in [1.807, 2.05) is 0 Å². The van der Waals surface area contributed by atoms with Crippen LogP contribution in [-0.2, 0) is 32.1 Å². The van der Waals surface area contributed by atoms with Crippen molar-refractivity contribution >= 4 is 44.2 Å². The van der Waals surface area contributed by atoms with Crippen molar-refractivity contribution in [3.05, 3.63) is 0 Å². The molecule has 0 saturated carbocycles. The largest absolute Gasteiger partial charge is 0.481 e. The minimum Gasteiger partial charge on any atom is -0.481 e. The van der Waals surface area contributed by atoms with Crippen LogP contribution >= 0.6 is 0 Å². The van der Waals surface area contributed by atoms with Gasteiger partial charge >= 0.3 is 11.9 Å². The van der Waals surface area contributed by atoms with Crippen LogP contribution in [0.15, 0.2) is 0 Å². The molecule has 2 N–H and O–H groups in total. The summed E-state index contributed by atoms with van der Waals surface area (Å²) in [6.07, 6.45) is 1.39. The molecule has 0 radical (unpaired) electrons. The molecule has 0 aromatic heterocycles. The van der Waals surface area contributed by atoms with Crippen LogP contribution in [0.1, 0.15) is 38.5 Å². The molecule has 0 atom stereocenters. The van der Waals surface area contributed by atoms with E-state index in [1.54, 1.807) is 0 Å². The summed E-state index contributed by atoms with van der Waals surface area (Å²) in [6, 6.07) is 0. The summed E-state index contributed by atoms with van der Waals surface area (Å²) in [5.74, 6) is -2.08. The Labute approximate surface area is 111 Å². The van der Waals surface area contributed by atoms with Gasteiger partial charge in [-0.3, -0.25) is 9.59 Å². The van der Waals surface area contributed by atoms with Gasteiger partial charge in [0.05, 0.1) is 35.4 Å². The Balaban J connectivity index is 3.98. The first-order valence-corrected chi connectivity index (χ1v) is 6.70. The minimum atomic E-state index is -1.04. The van der Waals surface area contributed by atoms with E-state index in [4.69, 9.17) is 10.2 Å². The molecular weight excluding hydrogens is 280 g/mol. The van der Waals surface area contributed by atoms with Crippen LogP contribution in [0.4, 0.5) is 0 Å². The Morgan fingerprint density at radius 1 is 0.778 bits per heavy atom. The molecule has 0 fully saturated rings. The van der Waals surface area contributed by atoms with Gasteiger partial charge in [0.2, 0.25) is 0 Å². The molecule has 0 aliphatic carbocycles. The number of rotatable bonds is 9. The Hall–Kier alpha value is -1.28.